The molecule has 1 aromatic heterocycles. The van der Waals surface area contributed by atoms with Crippen LogP contribution in [0.15, 0.2) is 58.1 Å². The fourth-order valence-corrected chi connectivity index (χ4v) is 2.89. The van der Waals surface area contributed by atoms with Crippen LogP contribution < -0.4 is 27.0 Å². The first-order valence-electron chi connectivity index (χ1n) is 8.76. The van der Waals surface area contributed by atoms with Gasteiger partial charge in [0.2, 0.25) is 0 Å². The highest BCUT2D eigenvalue weighted by molar-refractivity contribution is 6.32. The first-order chi connectivity index (χ1) is 13.8. The van der Waals surface area contributed by atoms with Gasteiger partial charge in [-0.05, 0) is 30.2 Å². The van der Waals surface area contributed by atoms with Crippen molar-refractivity contribution in [2.75, 3.05) is 12.3 Å². The average Bonchev–Trinajstić information content (AvgIpc) is 2.70. The van der Waals surface area contributed by atoms with E-state index in [9.17, 15) is 14.4 Å². The molecule has 1 atom stereocenters. The van der Waals surface area contributed by atoms with E-state index >= 15 is 0 Å². The summed E-state index contributed by atoms with van der Waals surface area (Å²) >= 11 is 6.31. The summed E-state index contributed by atoms with van der Waals surface area (Å²) < 4.78 is 5.69. The van der Waals surface area contributed by atoms with E-state index in [0.29, 0.717) is 10.8 Å². The molecule has 150 valence electrons. The van der Waals surface area contributed by atoms with Crippen LogP contribution in [0.4, 0.5) is 5.69 Å². The minimum atomic E-state index is -0.826. The number of aromatic amines is 2. The molecule has 2 aromatic carbocycles. The minimum absolute atomic E-state index is 0.115. The number of amides is 1. The second kappa shape index (κ2) is 8.66. The number of rotatable bonds is 6. The molecule has 0 spiro atoms. The fraction of sp³-hybridized carbons (Fsp3) is 0.150. The molecule has 0 fully saturated rings. The summed E-state index contributed by atoms with van der Waals surface area (Å²) in [5, 5.41) is 3.05. The first kappa shape index (κ1) is 20.2. The smallest absolute Gasteiger partial charge is 0.326 e. The van der Waals surface area contributed by atoms with Crippen molar-refractivity contribution < 1.29 is 9.53 Å². The van der Waals surface area contributed by atoms with Gasteiger partial charge in [0.05, 0.1) is 11.1 Å². The van der Waals surface area contributed by atoms with Crippen molar-refractivity contribution in [3.05, 3.63) is 80.1 Å². The van der Waals surface area contributed by atoms with Gasteiger partial charge in [-0.3, -0.25) is 14.6 Å². The van der Waals surface area contributed by atoms with Crippen LogP contribution in [0.25, 0.3) is 11.1 Å². The number of halogens is 1. The minimum Gasteiger partial charge on any atom is -0.490 e. The molecule has 29 heavy (non-hydrogen) atoms. The van der Waals surface area contributed by atoms with Crippen LogP contribution in [-0.4, -0.2) is 28.5 Å². The van der Waals surface area contributed by atoms with Gasteiger partial charge in [-0.25, -0.2) is 4.79 Å². The third-order valence-corrected chi connectivity index (χ3v) is 4.41. The van der Waals surface area contributed by atoms with Crippen LogP contribution in [-0.2, 0) is 0 Å². The molecule has 5 N–H and O–H groups in total. The van der Waals surface area contributed by atoms with Gasteiger partial charge < -0.3 is 20.8 Å². The van der Waals surface area contributed by atoms with E-state index in [-0.39, 0.29) is 18.0 Å². The van der Waals surface area contributed by atoms with E-state index in [2.05, 4.69) is 10.3 Å². The molecule has 1 unspecified atom stereocenters. The number of nitrogen functional groups attached to an aromatic ring is 1. The summed E-state index contributed by atoms with van der Waals surface area (Å²) in [5.74, 6) is -0.219. The van der Waals surface area contributed by atoms with Crippen molar-refractivity contribution in [2.45, 2.75) is 13.0 Å². The van der Waals surface area contributed by atoms with Crippen molar-refractivity contribution >= 4 is 23.2 Å². The molecule has 0 radical (unpaired) electrons. The van der Waals surface area contributed by atoms with Crippen LogP contribution in [0, 0.1) is 0 Å². The molecular formula is C20H19ClN4O4. The molecule has 3 aromatic rings. The number of carbonyl (C=O) groups is 1. The Labute approximate surface area is 170 Å². The van der Waals surface area contributed by atoms with E-state index in [1.165, 1.54) is 0 Å². The Morgan fingerprint density at radius 3 is 2.55 bits per heavy atom. The highest BCUT2D eigenvalue weighted by atomic mass is 35.5. The van der Waals surface area contributed by atoms with Gasteiger partial charge in [-0.15, -0.1) is 0 Å². The second-order valence-corrected chi connectivity index (χ2v) is 6.80. The molecule has 0 saturated heterocycles. The number of nitrogens with one attached hydrogen (secondary N) is 3. The van der Waals surface area contributed by atoms with E-state index < -0.39 is 23.2 Å². The van der Waals surface area contributed by atoms with E-state index in [4.69, 9.17) is 22.1 Å². The molecule has 1 amide bonds. The van der Waals surface area contributed by atoms with E-state index in [0.717, 1.165) is 11.1 Å². The van der Waals surface area contributed by atoms with Crippen molar-refractivity contribution in [1.82, 2.24) is 15.3 Å². The zero-order chi connectivity index (χ0) is 21.0. The lowest BCUT2D eigenvalue weighted by Crippen LogP contribution is -2.40. The molecular weight excluding hydrogens is 396 g/mol. The summed E-state index contributed by atoms with van der Waals surface area (Å²) in [6.07, 6.45) is 0. The van der Waals surface area contributed by atoms with Crippen molar-refractivity contribution in [1.29, 1.82) is 0 Å². The molecule has 0 aliphatic heterocycles. The second-order valence-electron chi connectivity index (χ2n) is 6.39. The van der Waals surface area contributed by atoms with Gasteiger partial charge in [0.25, 0.3) is 11.5 Å². The van der Waals surface area contributed by atoms with Crippen LogP contribution in [0.5, 0.6) is 5.75 Å². The van der Waals surface area contributed by atoms with Gasteiger partial charge in [0.15, 0.2) is 0 Å². The maximum Gasteiger partial charge on any atom is 0.326 e. The molecule has 1 heterocycles. The molecule has 8 nitrogen and oxygen atoms in total. The SMILES string of the molecule is CC(COc1ccc(-c2ccccc2)cc1Cl)NC(=O)c1[nH]c(=O)[nH]c(=O)c1N. The Balaban J connectivity index is 1.64. The van der Waals surface area contributed by atoms with Crippen LogP contribution in [0.3, 0.4) is 0 Å². The number of carbonyl (C=O) groups excluding carboxylic acids is 1. The van der Waals surface area contributed by atoms with Crippen molar-refractivity contribution in [3.8, 4) is 16.9 Å². The van der Waals surface area contributed by atoms with Gasteiger partial charge in [0.1, 0.15) is 23.7 Å². The first-order valence-corrected chi connectivity index (χ1v) is 9.13. The lowest BCUT2D eigenvalue weighted by atomic mass is 10.1. The number of benzene rings is 2. The van der Waals surface area contributed by atoms with Gasteiger partial charge >= 0.3 is 5.69 Å². The Hall–Kier alpha value is -3.52. The number of hydrogen-bond acceptors (Lipinski definition) is 5. The predicted octanol–water partition coefficient (Wildman–Crippen LogP) is 2.16. The number of ether oxygens (including phenoxy) is 1. The number of hydrogen-bond donors (Lipinski definition) is 4. The lowest BCUT2D eigenvalue weighted by molar-refractivity contribution is 0.0922. The Bertz CT molecular complexity index is 1140. The van der Waals surface area contributed by atoms with Crippen molar-refractivity contribution in [3.63, 3.8) is 0 Å². The molecule has 0 bridgehead atoms. The third kappa shape index (κ3) is 4.85. The zero-order valence-electron chi connectivity index (χ0n) is 15.5. The third-order valence-electron chi connectivity index (χ3n) is 4.11. The highest BCUT2D eigenvalue weighted by Gasteiger charge is 2.17. The average molecular weight is 415 g/mol. The summed E-state index contributed by atoms with van der Waals surface area (Å²) in [4.78, 5) is 39.3. The number of anilines is 1. The Morgan fingerprint density at radius 1 is 1.14 bits per heavy atom. The Morgan fingerprint density at radius 2 is 1.86 bits per heavy atom. The standard InChI is InChI=1S/C20H19ClN4O4/c1-11(23-19(27)17-16(22)18(26)25-20(28)24-17)10-29-15-8-7-13(9-14(15)21)12-5-3-2-4-6-12/h2-9,11H,10,22H2,1H3,(H,23,27)(H2,24,25,26,28). The summed E-state index contributed by atoms with van der Waals surface area (Å²) in [7, 11) is 0. The molecule has 0 aliphatic rings. The lowest BCUT2D eigenvalue weighted by Gasteiger charge is -2.16. The zero-order valence-corrected chi connectivity index (χ0v) is 16.2. The number of nitrogens with two attached hydrogens (primary N) is 1. The quantitative estimate of drug-likeness (QED) is 0.491. The normalized spacial score (nSPS) is 11.7. The predicted molar refractivity (Wildman–Crippen MR) is 111 cm³/mol. The topological polar surface area (TPSA) is 130 Å². The summed E-state index contributed by atoms with van der Waals surface area (Å²) in [6.45, 7) is 1.81. The summed E-state index contributed by atoms with van der Waals surface area (Å²) in [6, 6.07) is 14.8. The van der Waals surface area contributed by atoms with Gasteiger partial charge in [-0.2, -0.15) is 0 Å². The van der Waals surface area contributed by atoms with Gasteiger partial charge in [0, 0.05) is 0 Å². The van der Waals surface area contributed by atoms with Crippen LogP contribution in [0.1, 0.15) is 17.4 Å². The van der Waals surface area contributed by atoms with E-state index in [1.54, 1.807) is 19.1 Å². The monoisotopic (exact) mass is 414 g/mol. The van der Waals surface area contributed by atoms with E-state index in [1.807, 2.05) is 41.4 Å². The van der Waals surface area contributed by atoms with Crippen molar-refractivity contribution in [2.24, 2.45) is 0 Å². The largest absolute Gasteiger partial charge is 0.490 e. The highest BCUT2D eigenvalue weighted by Crippen LogP contribution is 2.30. The maximum absolute atomic E-state index is 12.3. The van der Waals surface area contributed by atoms with Gasteiger partial charge in [-0.1, -0.05) is 48.0 Å². The fourth-order valence-electron chi connectivity index (χ4n) is 2.66. The molecule has 0 saturated carbocycles. The van der Waals surface area contributed by atoms with Crippen LogP contribution in [0.2, 0.25) is 5.02 Å². The summed E-state index contributed by atoms with van der Waals surface area (Å²) in [5.41, 5.74) is 5.24. The molecule has 3 rings (SSSR count). The molecule has 0 aliphatic carbocycles. The number of H-pyrrole nitrogens is 2. The molecule has 9 heteroatoms. The Kier molecular flexibility index (Phi) is 6.04. The number of aromatic nitrogens is 2. The van der Waals surface area contributed by atoms with Crippen LogP contribution >= 0.6 is 11.6 Å². The maximum atomic E-state index is 12.3.